The molecule has 2 rings (SSSR count). The van der Waals surface area contributed by atoms with Gasteiger partial charge in [-0.05, 0) is 37.8 Å². The zero-order valence-corrected chi connectivity index (χ0v) is 12.7. The lowest BCUT2D eigenvalue weighted by Crippen LogP contribution is -2.30. The number of hydrazine groups is 1. The average Bonchev–Trinajstić information content (AvgIpc) is 2.83. The number of nitrogens with one attached hydrogen (secondary N) is 1. The Balaban J connectivity index is 2.13. The van der Waals surface area contributed by atoms with Crippen LogP contribution in [0.25, 0.3) is 0 Å². The first-order valence-electron chi connectivity index (χ1n) is 6.89. The summed E-state index contributed by atoms with van der Waals surface area (Å²) in [6.45, 7) is 4.95. The Labute approximate surface area is 124 Å². The number of aryl methyl sites for hydroxylation is 3. The number of hydrogen-bond donors (Lipinski definition) is 2. The lowest BCUT2D eigenvalue weighted by atomic mass is 10.00. The minimum Gasteiger partial charge on any atom is -0.271 e. The molecule has 4 nitrogen and oxygen atoms in total. The van der Waals surface area contributed by atoms with Crippen LogP contribution in [0.4, 0.5) is 0 Å². The summed E-state index contributed by atoms with van der Waals surface area (Å²) in [5, 5.41) is 4.93. The fourth-order valence-corrected chi connectivity index (χ4v) is 2.73. The molecule has 1 heterocycles. The van der Waals surface area contributed by atoms with Crippen LogP contribution in [-0.2, 0) is 13.0 Å². The maximum Gasteiger partial charge on any atom is 0.0834 e. The van der Waals surface area contributed by atoms with E-state index in [0.717, 1.165) is 25.1 Å². The van der Waals surface area contributed by atoms with Gasteiger partial charge in [0.05, 0.1) is 23.0 Å². The third kappa shape index (κ3) is 3.20. The maximum absolute atomic E-state index is 6.23. The van der Waals surface area contributed by atoms with Crippen LogP contribution in [0.15, 0.2) is 30.5 Å². The lowest BCUT2D eigenvalue weighted by Gasteiger charge is -2.18. The number of halogens is 1. The Hall–Kier alpha value is -1.36. The number of nitrogens with zero attached hydrogens (tertiary/aromatic N) is 2. The van der Waals surface area contributed by atoms with Crippen molar-refractivity contribution >= 4 is 11.6 Å². The molecule has 5 heteroatoms. The second-order valence-corrected chi connectivity index (χ2v) is 5.29. The molecule has 20 heavy (non-hydrogen) atoms. The highest BCUT2D eigenvalue weighted by Crippen LogP contribution is 2.26. The highest BCUT2D eigenvalue weighted by atomic mass is 35.5. The predicted molar refractivity (Wildman–Crippen MR) is 82.5 cm³/mol. The van der Waals surface area contributed by atoms with E-state index in [2.05, 4.69) is 41.7 Å². The highest BCUT2D eigenvalue weighted by molar-refractivity contribution is 6.31. The second-order valence-electron chi connectivity index (χ2n) is 4.88. The summed E-state index contributed by atoms with van der Waals surface area (Å²) in [4.78, 5) is 0. The van der Waals surface area contributed by atoms with Crippen molar-refractivity contribution < 1.29 is 0 Å². The molecule has 1 atom stereocenters. The highest BCUT2D eigenvalue weighted by Gasteiger charge is 2.18. The Kier molecular flexibility index (Phi) is 5.17. The molecule has 1 unspecified atom stereocenters. The Morgan fingerprint density at radius 3 is 2.80 bits per heavy atom. The number of rotatable bonds is 6. The normalized spacial score (nSPS) is 12.6. The van der Waals surface area contributed by atoms with E-state index in [1.165, 1.54) is 11.1 Å². The first-order valence-corrected chi connectivity index (χ1v) is 7.27. The van der Waals surface area contributed by atoms with Crippen molar-refractivity contribution in [3.8, 4) is 0 Å². The molecule has 3 N–H and O–H groups in total. The summed E-state index contributed by atoms with van der Waals surface area (Å²) in [6, 6.07) is 8.41. The predicted octanol–water partition coefficient (Wildman–Crippen LogP) is 3.00. The van der Waals surface area contributed by atoms with Gasteiger partial charge in [-0.1, -0.05) is 35.9 Å². The van der Waals surface area contributed by atoms with Crippen molar-refractivity contribution in [2.24, 2.45) is 5.84 Å². The van der Waals surface area contributed by atoms with E-state index in [-0.39, 0.29) is 6.04 Å². The van der Waals surface area contributed by atoms with Gasteiger partial charge in [0.1, 0.15) is 0 Å². The molecule has 1 aromatic carbocycles. The van der Waals surface area contributed by atoms with Crippen LogP contribution in [0.2, 0.25) is 5.02 Å². The van der Waals surface area contributed by atoms with Crippen LogP contribution >= 0.6 is 11.6 Å². The van der Waals surface area contributed by atoms with E-state index >= 15 is 0 Å². The van der Waals surface area contributed by atoms with Gasteiger partial charge in [-0.3, -0.25) is 16.0 Å². The summed E-state index contributed by atoms with van der Waals surface area (Å²) in [5.41, 5.74) is 6.47. The lowest BCUT2D eigenvalue weighted by molar-refractivity contribution is 0.467. The first kappa shape index (κ1) is 15.0. The van der Waals surface area contributed by atoms with Gasteiger partial charge < -0.3 is 0 Å². The summed E-state index contributed by atoms with van der Waals surface area (Å²) in [7, 11) is 0. The van der Waals surface area contributed by atoms with Crippen LogP contribution in [0.1, 0.15) is 36.2 Å². The monoisotopic (exact) mass is 292 g/mol. The molecule has 0 fully saturated rings. The second kappa shape index (κ2) is 6.88. The fraction of sp³-hybridized carbons (Fsp3) is 0.400. The minimum atomic E-state index is 0.00422. The van der Waals surface area contributed by atoms with Gasteiger partial charge >= 0.3 is 0 Å². The van der Waals surface area contributed by atoms with Gasteiger partial charge in [0.15, 0.2) is 0 Å². The molecule has 1 aromatic heterocycles. The van der Waals surface area contributed by atoms with Gasteiger partial charge in [0.25, 0.3) is 0 Å². The van der Waals surface area contributed by atoms with Gasteiger partial charge in [0.2, 0.25) is 0 Å². The van der Waals surface area contributed by atoms with Crippen molar-refractivity contribution in [2.45, 2.75) is 39.3 Å². The first-order chi connectivity index (χ1) is 9.67. The van der Waals surface area contributed by atoms with E-state index in [4.69, 9.17) is 17.4 Å². The van der Waals surface area contributed by atoms with Crippen LogP contribution in [-0.4, -0.2) is 9.78 Å². The summed E-state index contributed by atoms with van der Waals surface area (Å²) >= 11 is 6.23. The van der Waals surface area contributed by atoms with E-state index in [9.17, 15) is 0 Å². The largest absolute Gasteiger partial charge is 0.271 e. The number of hydrogen-bond acceptors (Lipinski definition) is 3. The smallest absolute Gasteiger partial charge is 0.0834 e. The quantitative estimate of drug-likeness (QED) is 0.636. The van der Waals surface area contributed by atoms with Gasteiger partial charge in [0, 0.05) is 6.54 Å². The summed E-state index contributed by atoms with van der Waals surface area (Å²) in [5.74, 6) is 5.71. The van der Waals surface area contributed by atoms with Crippen molar-refractivity contribution in [2.75, 3.05) is 0 Å². The summed E-state index contributed by atoms with van der Waals surface area (Å²) in [6.07, 6.45) is 3.51. The maximum atomic E-state index is 6.23. The summed E-state index contributed by atoms with van der Waals surface area (Å²) < 4.78 is 1.89. The molecule has 0 radical (unpaired) electrons. The van der Waals surface area contributed by atoms with Crippen LogP contribution in [0.5, 0.6) is 0 Å². The Morgan fingerprint density at radius 1 is 1.40 bits per heavy atom. The van der Waals surface area contributed by atoms with Gasteiger partial charge in [-0.25, -0.2) is 0 Å². The molecule has 0 saturated heterocycles. The van der Waals surface area contributed by atoms with Crippen LogP contribution in [0, 0.1) is 6.92 Å². The number of aromatic nitrogens is 2. The molecule has 0 saturated carbocycles. The fourth-order valence-electron chi connectivity index (χ4n) is 2.46. The molecule has 0 bridgehead atoms. The van der Waals surface area contributed by atoms with E-state index in [1.807, 2.05) is 11.6 Å². The van der Waals surface area contributed by atoms with E-state index in [1.54, 1.807) is 6.20 Å². The molecule has 0 aliphatic carbocycles. The van der Waals surface area contributed by atoms with E-state index in [0.29, 0.717) is 5.02 Å². The van der Waals surface area contributed by atoms with Crippen LogP contribution < -0.4 is 11.3 Å². The third-order valence-corrected chi connectivity index (χ3v) is 3.92. The third-order valence-electron chi connectivity index (χ3n) is 3.63. The molecule has 2 aromatic rings. The molecule has 108 valence electrons. The zero-order chi connectivity index (χ0) is 14.5. The Morgan fingerprint density at radius 2 is 2.15 bits per heavy atom. The average molecular weight is 293 g/mol. The molecule has 0 spiro atoms. The van der Waals surface area contributed by atoms with E-state index < -0.39 is 0 Å². The number of nitrogens with two attached hydrogens (primary N) is 1. The van der Waals surface area contributed by atoms with Gasteiger partial charge in [-0.15, -0.1) is 0 Å². The SMILES string of the molecule is CCn1ncc(Cl)c1C(CCc1ccccc1C)NN. The van der Waals surface area contributed by atoms with Crippen molar-refractivity contribution in [1.29, 1.82) is 0 Å². The molecular formula is C15H21ClN4. The standard InChI is InChI=1S/C15H21ClN4/c1-3-20-15(13(16)10-18-20)14(19-17)9-8-12-7-5-4-6-11(12)2/h4-7,10,14,19H,3,8-9,17H2,1-2H3. The van der Waals surface area contributed by atoms with Crippen molar-refractivity contribution in [3.05, 3.63) is 52.3 Å². The Bertz CT molecular complexity index is 565. The van der Waals surface area contributed by atoms with Crippen molar-refractivity contribution in [3.63, 3.8) is 0 Å². The van der Waals surface area contributed by atoms with Crippen molar-refractivity contribution in [1.82, 2.24) is 15.2 Å². The topological polar surface area (TPSA) is 55.9 Å². The molecule has 0 amide bonds. The molecule has 0 aliphatic rings. The zero-order valence-electron chi connectivity index (χ0n) is 11.9. The van der Waals surface area contributed by atoms with Crippen LogP contribution in [0.3, 0.4) is 0 Å². The minimum absolute atomic E-state index is 0.00422. The molecule has 0 aliphatic heterocycles. The number of benzene rings is 1. The molecular weight excluding hydrogens is 272 g/mol. The van der Waals surface area contributed by atoms with Gasteiger partial charge in [-0.2, -0.15) is 5.10 Å².